The summed E-state index contributed by atoms with van der Waals surface area (Å²) in [6.45, 7) is 2.24. The van der Waals surface area contributed by atoms with E-state index in [-0.39, 0.29) is 36.0 Å². The molecular weight excluding hydrogens is 452 g/mol. The van der Waals surface area contributed by atoms with Crippen LogP contribution in [0, 0.1) is 11.3 Å². The lowest BCUT2D eigenvalue weighted by molar-refractivity contribution is -0.134. The van der Waals surface area contributed by atoms with Crippen LogP contribution < -0.4 is 0 Å². The van der Waals surface area contributed by atoms with Crippen LogP contribution in [0.5, 0.6) is 0 Å². The molecule has 0 radical (unpaired) electrons. The Balaban J connectivity index is 1.40. The van der Waals surface area contributed by atoms with Gasteiger partial charge in [-0.25, -0.2) is 8.42 Å². The van der Waals surface area contributed by atoms with E-state index in [1.165, 1.54) is 16.4 Å². The molecule has 2 aromatic carbocycles. The minimum Gasteiger partial charge on any atom is -0.468 e. The molecular formula is C25H26N4O4S. The van der Waals surface area contributed by atoms with E-state index in [4.69, 9.17) is 4.42 Å². The van der Waals surface area contributed by atoms with Crippen LogP contribution in [0.15, 0.2) is 82.3 Å². The van der Waals surface area contributed by atoms with E-state index >= 15 is 0 Å². The van der Waals surface area contributed by atoms with Crippen molar-refractivity contribution in [2.75, 3.05) is 32.7 Å². The number of furan rings is 1. The highest BCUT2D eigenvalue weighted by molar-refractivity contribution is 7.89. The summed E-state index contributed by atoms with van der Waals surface area (Å²) in [5.41, 5.74) is 1.21. The average molecular weight is 479 g/mol. The largest absolute Gasteiger partial charge is 0.468 e. The maximum absolute atomic E-state index is 13.1. The van der Waals surface area contributed by atoms with E-state index in [0.29, 0.717) is 26.2 Å². The minimum absolute atomic E-state index is 0.00441. The highest BCUT2D eigenvalue weighted by Crippen LogP contribution is 2.21. The first-order chi connectivity index (χ1) is 16.5. The van der Waals surface area contributed by atoms with Crippen molar-refractivity contribution in [1.29, 1.82) is 5.26 Å². The summed E-state index contributed by atoms with van der Waals surface area (Å²) < 4.78 is 32.9. The van der Waals surface area contributed by atoms with Gasteiger partial charge in [-0.15, -0.1) is 0 Å². The second-order valence-corrected chi connectivity index (χ2v) is 10.0. The van der Waals surface area contributed by atoms with Gasteiger partial charge in [0.15, 0.2) is 0 Å². The number of hydrogen-bond donors (Lipinski definition) is 0. The highest BCUT2D eigenvalue weighted by atomic mass is 32.2. The second kappa shape index (κ2) is 10.7. The van der Waals surface area contributed by atoms with Gasteiger partial charge < -0.3 is 9.32 Å². The molecule has 1 aliphatic heterocycles. The average Bonchev–Trinajstić information content (AvgIpc) is 3.37. The van der Waals surface area contributed by atoms with Crippen LogP contribution in [0.2, 0.25) is 0 Å². The topological polar surface area (TPSA) is 97.9 Å². The minimum atomic E-state index is -3.80. The molecule has 4 rings (SSSR count). The molecule has 0 N–H and O–H groups in total. The molecule has 0 bridgehead atoms. The van der Waals surface area contributed by atoms with Crippen molar-refractivity contribution in [2.45, 2.75) is 18.0 Å². The fraction of sp³-hybridized carbons (Fsp3) is 0.280. The first kappa shape index (κ1) is 23.7. The van der Waals surface area contributed by atoms with Gasteiger partial charge in [0.25, 0.3) is 0 Å². The molecule has 34 heavy (non-hydrogen) atoms. The van der Waals surface area contributed by atoms with Crippen LogP contribution in [0.25, 0.3) is 0 Å². The maximum Gasteiger partial charge on any atom is 0.244 e. The summed E-state index contributed by atoms with van der Waals surface area (Å²) in [4.78, 5) is 16.8. The number of benzene rings is 2. The van der Waals surface area contributed by atoms with Crippen LogP contribution in [-0.2, 0) is 27.9 Å². The fourth-order valence-corrected chi connectivity index (χ4v) is 5.59. The number of nitrogens with zero attached hydrogens (tertiary/aromatic N) is 4. The number of hydrogen-bond acceptors (Lipinski definition) is 6. The van der Waals surface area contributed by atoms with Gasteiger partial charge in [0, 0.05) is 32.7 Å². The van der Waals surface area contributed by atoms with Gasteiger partial charge in [0.1, 0.15) is 11.8 Å². The molecule has 1 aliphatic rings. The monoisotopic (exact) mass is 478 g/mol. The van der Waals surface area contributed by atoms with Gasteiger partial charge in [-0.05, 0) is 29.8 Å². The van der Waals surface area contributed by atoms with E-state index in [1.54, 1.807) is 23.3 Å². The third kappa shape index (κ3) is 5.54. The van der Waals surface area contributed by atoms with Crippen molar-refractivity contribution in [3.8, 4) is 6.07 Å². The molecule has 0 spiro atoms. The Bertz CT molecular complexity index is 1250. The first-order valence-corrected chi connectivity index (χ1v) is 12.5. The van der Waals surface area contributed by atoms with Gasteiger partial charge in [-0.3, -0.25) is 9.69 Å². The lowest BCUT2D eigenvalue weighted by atomic mass is 10.2. The Kier molecular flexibility index (Phi) is 7.43. The molecule has 0 aliphatic carbocycles. The van der Waals surface area contributed by atoms with Gasteiger partial charge in [-0.2, -0.15) is 9.57 Å². The number of nitriles is 1. The van der Waals surface area contributed by atoms with Crippen LogP contribution in [0.4, 0.5) is 0 Å². The molecule has 0 saturated carbocycles. The SMILES string of the molecule is N#Cc1ccccc1S(=O)(=O)N1CCN(C(=O)CN(Cc2ccccc2)Cc2ccco2)CC1. The Morgan fingerprint density at radius 3 is 2.32 bits per heavy atom. The summed E-state index contributed by atoms with van der Waals surface area (Å²) >= 11 is 0. The second-order valence-electron chi connectivity index (χ2n) is 8.10. The Morgan fingerprint density at radius 1 is 0.941 bits per heavy atom. The molecule has 176 valence electrons. The zero-order chi connectivity index (χ0) is 24.0. The molecule has 1 amide bonds. The van der Waals surface area contributed by atoms with Crippen molar-refractivity contribution < 1.29 is 17.6 Å². The Morgan fingerprint density at radius 2 is 1.65 bits per heavy atom. The zero-order valence-corrected chi connectivity index (χ0v) is 19.5. The number of carbonyl (C=O) groups excluding carboxylic acids is 1. The van der Waals surface area contributed by atoms with Crippen molar-refractivity contribution >= 4 is 15.9 Å². The van der Waals surface area contributed by atoms with E-state index in [1.807, 2.05) is 53.4 Å². The van der Waals surface area contributed by atoms with Crippen molar-refractivity contribution in [3.63, 3.8) is 0 Å². The molecule has 2 heterocycles. The smallest absolute Gasteiger partial charge is 0.244 e. The standard InChI is InChI=1S/C25H26N4O4S/c26-17-22-9-4-5-11-24(22)34(31,32)29-14-12-28(13-15-29)25(30)20-27(19-23-10-6-16-33-23)18-21-7-2-1-3-8-21/h1-11,16H,12-15,18-20H2. The molecule has 0 unspecified atom stereocenters. The summed E-state index contributed by atoms with van der Waals surface area (Å²) in [6, 6.07) is 21.7. The summed E-state index contributed by atoms with van der Waals surface area (Å²) in [6.07, 6.45) is 1.61. The maximum atomic E-state index is 13.1. The van der Waals surface area contributed by atoms with E-state index < -0.39 is 10.0 Å². The predicted molar refractivity (Wildman–Crippen MR) is 126 cm³/mol. The summed E-state index contributed by atoms with van der Waals surface area (Å²) in [7, 11) is -3.80. The summed E-state index contributed by atoms with van der Waals surface area (Å²) in [5, 5.41) is 9.28. The van der Waals surface area contributed by atoms with Crippen LogP contribution in [-0.4, -0.2) is 61.2 Å². The Labute approximate surface area is 199 Å². The fourth-order valence-electron chi connectivity index (χ4n) is 4.02. The molecule has 8 nitrogen and oxygen atoms in total. The quantitative estimate of drug-likeness (QED) is 0.494. The number of piperazine rings is 1. The van der Waals surface area contributed by atoms with Gasteiger partial charge >= 0.3 is 0 Å². The van der Waals surface area contributed by atoms with Crippen LogP contribution in [0.3, 0.4) is 0 Å². The molecule has 1 saturated heterocycles. The Hall–Kier alpha value is -3.45. The van der Waals surface area contributed by atoms with Crippen molar-refractivity contribution in [1.82, 2.24) is 14.1 Å². The van der Waals surface area contributed by atoms with Gasteiger partial charge in [0.05, 0.1) is 29.8 Å². The number of carbonyl (C=O) groups is 1. The highest BCUT2D eigenvalue weighted by Gasteiger charge is 2.32. The molecule has 1 fully saturated rings. The lowest BCUT2D eigenvalue weighted by Crippen LogP contribution is -2.52. The van der Waals surface area contributed by atoms with E-state index in [2.05, 4.69) is 0 Å². The van der Waals surface area contributed by atoms with Crippen molar-refractivity contribution in [2.24, 2.45) is 0 Å². The normalized spacial score (nSPS) is 14.8. The molecule has 9 heteroatoms. The molecule has 0 atom stereocenters. The first-order valence-electron chi connectivity index (χ1n) is 11.0. The summed E-state index contributed by atoms with van der Waals surface area (Å²) in [5.74, 6) is 0.716. The molecule has 3 aromatic rings. The van der Waals surface area contributed by atoms with E-state index in [0.717, 1.165) is 11.3 Å². The van der Waals surface area contributed by atoms with Gasteiger partial charge in [-0.1, -0.05) is 42.5 Å². The van der Waals surface area contributed by atoms with E-state index in [9.17, 15) is 18.5 Å². The van der Waals surface area contributed by atoms with Crippen LogP contribution >= 0.6 is 0 Å². The molecule has 1 aromatic heterocycles. The number of rotatable bonds is 8. The zero-order valence-electron chi connectivity index (χ0n) is 18.7. The van der Waals surface area contributed by atoms with Crippen molar-refractivity contribution in [3.05, 3.63) is 89.9 Å². The number of amides is 1. The number of sulfonamides is 1. The predicted octanol–water partition coefficient (Wildman–Crippen LogP) is 2.69. The lowest BCUT2D eigenvalue weighted by Gasteiger charge is -2.35. The van der Waals surface area contributed by atoms with Gasteiger partial charge in [0.2, 0.25) is 15.9 Å². The third-order valence-corrected chi connectivity index (χ3v) is 7.74. The van der Waals surface area contributed by atoms with Crippen LogP contribution in [0.1, 0.15) is 16.9 Å². The third-order valence-electron chi connectivity index (χ3n) is 5.78.